The van der Waals surface area contributed by atoms with E-state index in [4.69, 9.17) is 10.0 Å². The highest BCUT2D eigenvalue weighted by atomic mass is 19.4. The molecule has 1 rings (SSSR count). The first-order valence-electron chi connectivity index (χ1n) is 10.6. The SMILES string of the molecule is NCC(=O)Nc1cc(B(O)O)c(C(F)(F)C(F)(F)C(F)(F)C(F)(F)C(F)(F)F)cc1C(F)(F)C(F)(F)C(F)(F)C(F)(F)C(F)(F)F. The maximum Gasteiger partial charge on any atom is 0.489 e. The molecule has 0 radical (unpaired) electrons. The molecule has 1 aromatic carbocycles. The molecule has 46 heavy (non-hydrogen) atoms. The van der Waals surface area contributed by atoms with Crippen LogP contribution in [0, 0.1) is 0 Å². The van der Waals surface area contributed by atoms with Crippen molar-refractivity contribution in [1.82, 2.24) is 0 Å². The molecule has 1 aromatic rings. The molecular weight excluding hydrogens is 721 g/mol. The number of amides is 1. The summed E-state index contributed by atoms with van der Waals surface area (Å²) in [6.07, 6.45) is -15.7. The van der Waals surface area contributed by atoms with Crippen molar-refractivity contribution in [3.8, 4) is 0 Å². The van der Waals surface area contributed by atoms with Gasteiger partial charge in [0.2, 0.25) is 5.91 Å². The summed E-state index contributed by atoms with van der Waals surface area (Å²) >= 11 is 0. The Morgan fingerprint density at radius 3 is 1.17 bits per heavy atom. The van der Waals surface area contributed by atoms with Crippen LogP contribution in [0.3, 0.4) is 0 Å². The summed E-state index contributed by atoms with van der Waals surface area (Å²) in [4.78, 5) is 11.5. The fourth-order valence-corrected chi connectivity index (χ4v) is 3.15. The highest BCUT2D eigenvalue weighted by Gasteiger charge is 2.89. The number of hydrogen-bond donors (Lipinski definition) is 4. The van der Waals surface area contributed by atoms with Gasteiger partial charge in [-0.25, -0.2) is 0 Å². The molecule has 0 atom stereocenters. The van der Waals surface area contributed by atoms with Crippen LogP contribution in [0.2, 0.25) is 0 Å². The van der Waals surface area contributed by atoms with Gasteiger partial charge in [0.05, 0.1) is 12.1 Å². The van der Waals surface area contributed by atoms with E-state index >= 15 is 0 Å². The molecule has 0 unspecified atom stereocenters. The standard InChI is InChI=1S/C18H9BF22N2O3/c20-9(21,11(24,25)13(28,29)15(32,33)17(36,37)38)4-1-5(7(43-8(44)3-42)2-6(4)19(45)46)10(22,23)12(26,27)14(30,31)16(34,35)18(39,40)41/h1-2,45-46H,3,42H2,(H,43,44). The first-order chi connectivity index (χ1) is 19.9. The van der Waals surface area contributed by atoms with Crippen LogP contribution >= 0.6 is 0 Å². The Morgan fingerprint density at radius 2 is 0.891 bits per heavy atom. The molecule has 5 N–H and O–H groups in total. The van der Waals surface area contributed by atoms with Crippen molar-refractivity contribution < 1.29 is 111 Å². The van der Waals surface area contributed by atoms with Crippen molar-refractivity contribution in [2.45, 2.75) is 59.7 Å². The second-order valence-electron chi connectivity index (χ2n) is 8.70. The molecular formula is C18H9BF22N2O3. The van der Waals surface area contributed by atoms with E-state index in [1.165, 1.54) is 0 Å². The van der Waals surface area contributed by atoms with Gasteiger partial charge in [0, 0.05) is 11.3 Å². The van der Waals surface area contributed by atoms with Crippen LogP contribution in [0.4, 0.5) is 102 Å². The van der Waals surface area contributed by atoms with Gasteiger partial charge in [0.15, 0.2) is 0 Å². The Bertz CT molecular complexity index is 1310. The van der Waals surface area contributed by atoms with E-state index in [1.54, 1.807) is 0 Å². The topological polar surface area (TPSA) is 95.6 Å². The third-order valence-electron chi connectivity index (χ3n) is 5.68. The number of anilines is 1. The Balaban J connectivity index is 4.41. The van der Waals surface area contributed by atoms with E-state index in [0.717, 1.165) is 5.32 Å². The number of carbonyl (C=O) groups excluding carboxylic acids is 1. The minimum atomic E-state index is -8.42. The number of rotatable bonds is 11. The summed E-state index contributed by atoms with van der Waals surface area (Å²) in [6.45, 7) is -1.57. The predicted octanol–water partition coefficient (Wildman–Crippen LogP) is 5.38. The summed E-state index contributed by atoms with van der Waals surface area (Å²) in [7, 11) is -4.04. The van der Waals surface area contributed by atoms with Crippen LogP contribution < -0.4 is 16.5 Å². The average molecular weight is 730 g/mol. The number of hydrogen-bond acceptors (Lipinski definition) is 4. The van der Waals surface area contributed by atoms with Crippen molar-refractivity contribution in [3.63, 3.8) is 0 Å². The van der Waals surface area contributed by atoms with Gasteiger partial charge in [0.25, 0.3) is 0 Å². The summed E-state index contributed by atoms with van der Waals surface area (Å²) in [5.74, 6) is -67.2. The summed E-state index contributed by atoms with van der Waals surface area (Å²) < 4.78 is 299. The van der Waals surface area contributed by atoms with Crippen molar-refractivity contribution >= 4 is 24.2 Å². The molecule has 0 heterocycles. The van der Waals surface area contributed by atoms with Crippen LogP contribution in [-0.4, -0.2) is 77.5 Å². The third kappa shape index (κ3) is 5.76. The van der Waals surface area contributed by atoms with Crippen molar-refractivity contribution in [2.75, 3.05) is 11.9 Å². The van der Waals surface area contributed by atoms with Gasteiger partial charge in [0.1, 0.15) is 0 Å². The first-order valence-corrected chi connectivity index (χ1v) is 10.6. The van der Waals surface area contributed by atoms with Gasteiger partial charge in [-0.2, -0.15) is 96.6 Å². The highest BCUT2D eigenvalue weighted by molar-refractivity contribution is 6.59. The molecule has 0 saturated heterocycles. The van der Waals surface area contributed by atoms with Crippen LogP contribution in [0.25, 0.3) is 0 Å². The summed E-state index contributed by atoms with van der Waals surface area (Å²) in [6, 6.07) is -3.15. The molecule has 0 aromatic heterocycles. The first kappa shape index (κ1) is 41.1. The number of alkyl halides is 22. The van der Waals surface area contributed by atoms with Gasteiger partial charge in [-0.05, 0) is 17.6 Å². The molecule has 0 bridgehead atoms. The van der Waals surface area contributed by atoms with E-state index in [0.29, 0.717) is 0 Å². The molecule has 28 heteroatoms. The quantitative estimate of drug-likeness (QED) is 0.182. The average Bonchev–Trinajstić information content (AvgIpc) is 2.85. The van der Waals surface area contributed by atoms with Gasteiger partial charge in [-0.15, -0.1) is 0 Å². The van der Waals surface area contributed by atoms with Gasteiger partial charge in [-0.1, -0.05) is 0 Å². The molecule has 266 valence electrons. The Morgan fingerprint density at radius 1 is 0.565 bits per heavy atom. The molecule has 0 aliphatic carbocycles. The van der Waals surface area contributed by atoms with E-state index in [9.17, 15) is 101 Å². The summed E-state index contributed by atoms with van der Waals surface area (Å²) in [5.41, 5.74) is -8.35. The van der Waals surface area contributed by atoms with E-state index < -0.39 is 114 Å². The molecule has 0 fully saturated rings. The number of nitrogens with two attached hydrogens (primary N) is 1. The minimum absolute atomic E-state index is 0.742. The molecule has 1 amide bonds. The lowest BCUT2D eigenvalue weighted by Crippen LogP contribution is -2.66. The van der Waals surface area contributed by atoms with Crippen LogP contribution in [-0.2, 0) is 16.6 Å². The molecule has 0 saturated carbocycles. The second kappa shape index (κ2) is 11.4. The molecule has 5 nitrogen and oxygen atoms in total. The molecule has 0 aliphatic heterocycles. The van der Waals surface area contributed by atoms with Gasteiger partial charge in [-0.3, -0.25) is 4.79 Å². The Labute approximate surface area is 237 Å². The van der Waals surface area contributed by atoms with E-state index in [-0.39, 0.29) is 0 Å². The lowest BCUT2D eigenvalue weighted by atomic mass is 9.72. The summed E-state index contributed by atoms with van der Waals surface area (Å²) in [5, 5.41) is 19.1. The fraction of sp³-hybridized carbons (Fsp3) is 0.611. The molecule has 0 spiro atoms. The zero-order valence-electron chi connectivity index (χ0n) is 20.6. The van der Waals surface area contributed by atoms with Crippen LogP contribution in [0.15, 0.2) is 12.1 Å². The van der Waals surface area contributed by atoms with Crippen LogP contribution in [0.5, 0.6) is 0 Å². The zero-order valence-corrected chi connectivity index (χ0v) is 20.6. The van der Waals surface area contributed by atoms with E-state index in [2.05, 4.69) is 5.73 Å². The lowest BCUT2D eigenvalue weighted by molar-refractivity contribution is -0.425. The van der Waals surface area contributed by atoms with Gasteiger partial charge >= 0.3 is 66.9 Å². The third-order valence-corrected chi connectivity index (χ3v) is 5.68. The highest BCUT2D eigenvalue weighted by Crippen LogP contribution is 2.62. The maximum absolute atomic E-state index is 14.9. The minimum Gasteiger partial charge on any atom is -0.423 e. The second-order valence-corrected chi connectivity index (χ2v) is 8.70. The smallest absolute Gasteiger partial charge is 0.423 e. The van der Waals surface area contributed by atoms with Crippen LogP contribution in [0.1, 0.15) is 11.1 Å². The van der Waals surface area contributed by atoms with Crippen molar-refractivity contribution in [2.24, 2.45) is 5.73 Å². The maximum atomic E-state index is 14.9. The Hall–Kier alpha value is -2.91. The number of benzene rings is 1. The predicted molar refractivity (Wildman–Crippen MR) is 104 cm³/mol. The normalized spacial score (nSPS) is 15.2. The monoisotopic (exact) mass is 730 g/mol. The zero-order chi connectivity index (χ0) is 37.3. The number of halogens is 22. The number of nitrogens with one attached hydrogen (secondary N) is 1. The van der Waals surface area contributed by atoms with Crippen molar-refractivity contribution in [1.29, 1.82) is 0 Å². The Kier molecular flexibility index (Phi) is 10.2. The fourth-order valence-electron chi connectivity index (χ4n) is 3.15. The van der Waals surface area contributed by atoms with Gasteiger partial charge < -0.3 is 21.1 Å². The largest absolute Gasteiger partial charge is 0.489 e. The number of carbonyl (C=O) groups is 1. The van der Waals surface area contributed by atoms with E-state index in [1.807, 2.05) is 0 Å². The van der Waals surface area contributed by atoms with Crippen molar-refractivity contribution in [3.05, 3.63) is 23.3 Å². The lowest BCUT2D eigenvalue weighted by Gasteiger charge is -2.39. The molecule has 0 aliphatic rings.